The van der Waals surface area contributed by atoms with Gasteiger partial charge in [-0.3, -0.25) is 0 Å². The number of hydrogen-bond donors (Lipinski definition) is 1. The Bertz CT molecular complexity index is 542. The minimum Gasteiger partial charge on any atom is -0.337 e. The van der Waals surface area contributed by atoms with Crippen LogP contribution in [-0.2, 0) is 13.0 Å². The van der Waals surface area contributed by atoms with Crippen molar-refractivity contribution in [1.29, 1.82) is 0 Å². The summed E-state index contributed by atoms with van der Waals surface area (Å²) in [5.41, 5.74) is 11.0. The van der Waals surface area contributed by atoms with Gasteiger partial charge in [-0.25, -0.2) is 4.98 Å². The van der Waals surface area contributed by atoms with Gasteiger partial charge in [-0.15, -0.1) is 0 Å². The van der Waals surface area contributed by atoms with Gasteiger partial charge in [0, 0.05) is 24.3 Å². The molecular formula is C14H17N3. The zero-order valence-corrected chi connectivity index (χ0v) is 10.1. The van der Waals surface area contributed by atoms with E-state index in [0.717, 1.165) is 25.1 Å². The fourth-order valence-corrected chi connectivity index (χ4v) is 2.49. The molecular weight excluding hydrogens is 210 g/mol. The van der Waals surface area contributed by atoms with Gasteiger partial charge in [0.2, 0.25) is 0 Å². The van der Waals surface area contributed by atoms with E-state index in [2.05, 4.69) is 40.9 Å². The van der Waals surface area contributed by atoms with Crippen molar-refractivity contribution in [3.8, 4) is 11.3 Å². The molecule has 88 valence electrons. The third-order valence-electron chi connectivity index (χ3n) is 3.56. The number of rotatable bonds is 2. The van der Waals surface area contributed by atoms with Crippen molar-refractivity contribution in [3.63, 3.8) is 0 Å². The zero-order chi connectivity index (χ0) is 11.8. The van der Waals surface area contributed by atoms with Gasteiger partial charge in [-0.2, -0.15) is 0 Å². The summed E-state index contributed by atoms with van der Waals surface area (Å²) < 4.78 is 2.09. The molecule has 0 saturated carbocycles. The predicted octanol–water partition coefficient (Wildman–Crippen LogP) is 2.52. The van der Waals surface area contributed by atoms with Crippen LogP contribution < -0.4 is 5.73 Å². The molecule has 3 nitrogen and oxygen atoms in total. The normalized spacial score (nSPS) is 18.4. The highest BCUT2D eigenvalue weighted by Crippen LogP contribution is 2.32. The number of nitrogens with two attached hydrogens (primary N) is 1. The fourth-order valence-electron chi connectivity index (χ4n) is 2.49. The summed E-state index contributed by atoms with van der Waals surface area (Å²) in [5.74, 6) is 0. The first-order valence-corrected chi connectivity index (χ1v) is 6.18. The molecule has 17 heavy (non-hydrogen) atoms. The van der Waals surface area contributed by atoms with Crippen molar-refractivity contribution in [2.45, 2.75) is 32.4 Å². The topological polar surface area (TPSA) is 43.8 Å². The van der Waals surface area contributed by atoms with Crippen molar-refractivity contribution in [2.24, 2.45) is 5.73 Å². The van der Waals surface area contributed by atoms with E-state index in [1.807, 2.05) is 6.33 Å². The monoisotopic (exact) mass is 227 g/mol. The van der Waals surface area contributed by atoms with Crippen LogP contribution in [0.5, 0.6) is 0 Å². The molecule has 0 radical (unpaired) electrons. The number of hydrogen-bond acceptors (Lipinski definition) is 2. The Morgan fingerprint density at radius 3 is 3.12 bits per heavy atom. The summed E-state index contributed by atoms with van der Waals surface area (Å²) in [6.45, 7) is 3.08. The Kier molecular flexibility index (Phi) is 2.48. The molecule has 1 unspecified atom stereocenters. The molecule has 2 N–H and O–H groups in total. The van der Waals surface area contributed by atoms with Crippen molar-refractivity contribution >= 4 is 0 Å². The third kappa shape index (κ3) is 1.76. The summed E-state index contributed by atoms with van der Waals surface area (Å²) in [6.07, 6.45) is 6.14. The molecule has 2 aromatic rings. The van der Waals surface area contributed by atoms with E-state index < -0.39 is 0 Å². The molecule has 0 spiro atoms. The van der Waals surface area contributed by atoms with Gasteiger partial charge in [0.1, 0.15) is 0 Å². The molecule has 0 saturated heterocycles. The first-order valence-electron chi connectivity index (χ1n) is 6.18. The largest absolute Gasteiger partial charge is 0.337 e. The number of aryl methyl sites for hydroxylation is 2. The van der Waals surface area contributed by atoms with Gasteiger partial charge in [-0.1, -0.05) is 12.1 Å². The van der Waals surface area contributed by atoms with Crippen LogP contribution in [0.1, 0.15) is 30.5 Å². The number of imidazole rings is 1. The van der Waals surface area contributed by atoms with Crippen LogP contribution in [0, 0.1) is 0 Å². The molecule has 0 aliphatic heterocycles. The molecule has 1 aliphatic rings. The third-order valence-corrected chi connectivity index (χ3v) is 3.56. The maximum Gasteiger partial charge on any atom is 0.0953 e. The Labute approximate surface area is 101 Å². The quantitative estimate of drug-likeness (QED) is 0.856. The Morgan fingerprint density at radius 2 is 2.35 bits per heavy atom. The van der Waals surface area contributed by atoms with Crippen molar-refractivity contribution in [3.05, 3.63) is 41.9 Å². The predicted molar refractivity (Wildman–Crippen MR) is 68.6 cm³/mol. The number of nitrogens with zero attached hydrogens (tertiary/aromatic N) is 2. The Balaban J connectivity index is 1.99. The van der Waals surface area contributed by atoms with Gasteiger partial charge in [0.05, 0.1) is 12.0 Å². The lowest BCUT2D eigenvalue weighted by molar-refractivity contribution is 0.713. The average molecular weight is 227 g/mol. The fraction of sp³-hybridized carbons (Fsp3) is 0.357. The standard InChI is InChI=1S/C14H17N3/c1-2-17-8-14(16-9-17)11-3-5-12-10(7-11)4-6-13(12)15/h3,5,7-9,13H,2,4,6,15H2,1H3. The summed E-state index contributed by atoms with van der Waals surface area (Å²) in [7, 11) is 0. The molecule has 3 rings (SSSR count). The van der Waals surface area contributed by atoms with E-state index in [4.69, 9.17) is 5.73 Å². The van der Waals surface area contributed by atoms with Gasteiger partial charge in [0.15, 0.2) is 0 Å². The van der Waals surface area contributed by atoms with Crippen LogP contribution in [0.2, 0.25) is 0 Å². The van der Waals surface area contributed by atoms with Crippen LogP contribution in [0.4, 0.5) is 0 Å². The number of aromatic nitrogens is 2. The molecule has 3 heteroatoms. The highest BCUT2D eigenvalue weighted by molar-refractivity contribution is 5.61. The van der Waals surface area contributed by atoms with Crippen molar-refractivity contribution in [1.82, 2.24) is 9.55 Å². The molecule has 1 atom stereocenters. The summed E-state index contributed by atoms with van der Waals surface area (Å²) in [4.78, 5) is 4.43. The van der Waals surface area contributed by atoms with Crippen molar-refractivity contribution < 1.29 is 0 Å². The maximum absolute atomic E-state index is 6.04. The first kappa shape index (κ1) is 10.5. The van der Waals surface area contributed by atoms with Gasteiger partial charge in [-0.05, 0) is 37.0 Å². The molecule has 0 fully saturated rings. The second-order valence-corrected chi connectivity index (χ2v) is 4.65. The Hall–Kier alpha value is -1.61. The first-order chi connectivity index (χ1) is 8.28. The van der Waals surface area contributed by atoms with Gasteiger partial charge < -0.3 is 10.3 Å². The van der Waals surface area contributed by atoms with E-state index in [-0.39, 0.29) is 6.04 Å². The van der Waals surface area contributed by atoms with Crippen LogP contribution in [0.15, 0.2) is 30.7 Å². The highest BCUT2D eigenvalue weighted by Gasteiger charge is 2.19. The minimum absolute atomic E-state index is 0.229. The van der Waals surface area contributed by atoms with E-state index in [1.165, 1.54) is 16.7 Å². The van der Waals surface area contributed by atoms with Crippen LogP contribution in [0.25, 0.3) is 11.3 Å². The van der Waals surface area contributed by atoms with E-state index >= 15 is 0 Å². The zero-order valence-electron chi connectivity index (χ0n) is 10.1. The van der Waals surface area contributed by atoms with Crippen molar-refractivity contribution in [2.75, 3.05) is 0 Å². The van der Waals surface area contributed by atoms with Gasteiger partial charge >= 0.3 is 0 Å². The maximum atomic E-state index is 6.04. The van der Waals surface area contributed by atoms with Crippen LogP contribution in [0.3, 0.4) is 0 Å². The lowest BCUT2D eigenvalue weighted by atomic mass is 10.0. The second kappa shape index (κ2) is 4.00. The molecule has 1 aromatic carbocycles. The highest BCUT2D eigenvalue weighted by atomic mass is 15.0. The molecule has 0 bridgehead atoms. The minimum atomic E-state index is 0.229. The summed E-state index contributed by atoms with van der Waals surface area (Å²) in [5, 5.41) is 0. The SMILES string of the molecule is CCn1cnc(-c2ccc3c(c2)CCC3N)c1. The molecule has 1 aromatic heterocycles. The summed E-state index contributed by atoms with van der Waals surface area (Å²) in [6, 6.07) is 6.76. The smallest absolute Gasteiger partial charge is 0.0953 e. The van der Waals surface area contributed by atoms with E-state index in [9.17, 15) is 0 Å². The van der Waals surface area contributed by atoms with E-state index in [1.54, 1.807) is 0 Å². The summed E-state index contributed by atoms with van der Waals surface area (Å²) >= 11 is 0. The molecule has 1 aliphatic carbocycles. The molecule has 0 amide bonds. The van der Waals surface area contributed by atoms with Crippen LogP contribution >= 0.6 is 0 Å². The average Bonchev–Trinajstić information content (AvgIpc) is 2.96. The molecule has 1 heterocycles. The van der Waals surface area contributed by atoms with E-state index in [0.29, 0.717) is 0 Å². The van der Waals surface area contributed by atoms with Crippen LogP contribution in [-0.4, -0.2) is 9.55 Å². The lowest BCUT2D eigenvalue weighted by Crippen LogP contribution is -2.04. The number of fused-ring (bicyclic) bond motifs is 1. The second-order valence-electron chi connectivity index (χ2n) is 4.65. The lowest BCUT2D eigenvalue weighted by Gasteiger charge is -2.05. The van der Waals surface area contributed by atoms with Gasteiger partial charge in [0.25, 0.3) is 0 Å². The Morgan fingerprint density at radius 1 is 1.47 bits per heavy atom. The number of benzene rings is 1.